The molecule has 1 aromatic rings. The van der Waals surface area contributed by atoms with Crippen LogP contribution in [-0.2, 0) is 6.42 Å². The Bertz CT molecular complexity index is 314. The van der Waals surface area contributed by atoms with E-state index in [0.717, 1.165) is 30.0 Å². The molecule has 4 heteroatoms. The Hall–Kier alpha value is -1.13. The van der Waals surface area contributed by atoms with Crippen molar-refractivity contribution in [3.63, 3.8) is 0 Å². The van der Waals surface area contributed by atoms with Gasteiger partial charge in [0, 0.05) is 12.0 Å². The van der Waals surface area contributed by atoms with Gasteiger partial charge < -0.3 is 15.6 Å². The van der Waals surface area contributed by atoms with E-state index < -0.39 is 0 Å². The van der Waals surface area contributed by atoms with Crippen molar-refractivity contribution in [3.05, 3.63) is 23.5 Å². The second kappa shape index (κ2) is 3.32. The first kappa shape index (κ1) is 8.47. The number of aliphatic hydroxyl groups excluding tert-OH is 1. The van der Waals surface area contributed by atoms with E-state index in [1.165, 1.54) is 0 Å². The molecule has 1 unspecified atom stereocenters. The first-order valence-electron chi connectivity index (χ1n) is 4.29. The van der Waals surface area contributed by atoms with Crippen LogP contribution in [0.3, 0.4) is 0 Å². The highest BCUT2D eigenvalue weighted by Gasteiger charge is 2.15. The predicted molar refractivity (Wildman–Crippen MR) is 47.5 cm³/mol. The first-order valence-corrected chi connectivity index (χ1v) is 4.29. The van der Waals surface area contributed by atoms with Gasteiger partial charge in [0.05, 0.1) is 31.1 Å². The molecule has 4 nitrogen and oxygen atoms in total. The summed E-state index contributed by atoms with van der Waals surface area (Å²) in [6.45, 7) is 0.640. The van der Waals surface area contributed by atoms with Crippen LogP contribution in [0, 0.1) is 0 Å². The van der Waals surface area contributed by atoms with E-state index in [2.05, 4.69) is 4.98 Å². The number of pyridine rings is 1. The Morgan fingerprint density at radius 3 is 3.31 bits per heavy atom. The summed E-state index contributed by atoms with van der Waals surface area (Å²) in [4.78, 5) is 4.11. The average Bonchev–Trinajstić information content (AvgIpc) is 2.63. The number of aromatic nitrogens is 1. The van der Waals surface area contributed by atoms with Gasteiger partial charge in [0.25, 0.3) is 0 Å². The molecule has 0 radical (unpaired) electrons. The van der Waals surface area contributed by atoms with Gasteiger partial charge >= 0.3 is 0 Å². The molecule has 1 aliphatic rings. The lowest BCUT2D eigenvalue weighted by Gasteiger charge is -2.08. The summed E-state index contributed by atoms with van der Waals surface area (Å²) < 4.78 is 5.30. The molecule has 3 N–H and O–H groups in total. The van der Waals surface area contributed by atoms with E-state index in [1.54, 1.807) is 6.20 Å². The zero-order chi connectivity index (χ0) is 9.26. The molecular weight excluding hydrogens is 168 g/mol. The zero-order valence-electron chi connectivity index (χ0n) is 7.23. The summed E-state index contributed by atoms with van der Waals surface area (Å²) in [5.41, 5.74) is 7.50. The van der Waals surface area contributed by atoms with Gasteiger partial charge in [-0.2, -0.15) is 0 Å². The molecule has 2 heterocycles. The number of rotatable bonds is 2. The van der Waals surface area contributed by atoms with E-state index in [0.29, 0.717) is 0 Å². The van der Waals surface area contributed by atoms with Crippen molar-refractivity contribution in [1.82, 2.24) is 4.98 Å². The van der Waals surface area contributed by atoms with Crippen molar-refractivity contribution in [2.45, 2.75) is 12.5 Å². The highest BCUT2D eigenvalue weighted by molar-refractivity contribution is 5.36. The van der Waals surface area contributed by atoms with Crippen molar-refractivity contribution in [3.8, 4) is 5.75 Å². The number of nitrogens with two attached hydrogens (primary N) is 1. The van der Waals surface area contributed by atoms with Gasteiger partial charge in [-0.1, -0.05) is 0 Å². The van der Waals surface area contributed by atoms with Gasteiger partial charge in [-0.25, -0.2) is 0 Å². The maximum Gasteiger partial charge on any atom is 0.140 e. The second-order valence-electron chi connectivity index (χ2n) is 3.10. The van der Waals surface area contributed by atoms with E-state index in [9.17, 15) is 0 Å². The number of hydrogen-bond donors (Lipinski definition) is 2. The molecule has 13 heavy (non-hydrogen) atoms. The third kappa shape index (κ3) is 1.50. The van der Waals surface area contributed by atoms with Crippen molar-refractivity contribution in [1.29, 1.82) is 0 Å². The molecule has 0 fully saturated rings. The molecule has 70 valence electrons. The number of fused-ring (bicyclic) bond motifs is 1. The highest BCUT2D eigenvalue weighted by atomic mass is 16.5. The minimum atomic E-state index is -0.383. The van der Waals surface area contributed by atoms with Crippen molar-refractivity contribution >= 4 is 0 Å². The van der Waals surface area contributed by atoms with E-state index in [-0.39, 0.29) is 12.6 Å². The maximum atomic E-state index is 8.84. The summed E-state index contributed by atoms with van der Waals surface area (Å²) >= 11 is 0. The third-order valence-corrected chi connectivity index (χ3v) is 2.18. The second-order valence-corrected chi connectivity index (χ2v) is 3.10. The molecule has 0 spiro atoms. The van der Waals surface area contributed by atoms with Gasteiger partial charge in [-0.3, -0.25) is 4.98 Å². The average molecular weight is 180 g/mol. The Morgan fingerprint density at radius 2 is 2.54 bits per heavy atom. The number of nitrogens with zero attached hydrogens (tertiary/aromatic N) is 1. The van der Waals surface area contributed by atoms with Crippen LogP contribution in [0.5, 0.6) is 5.75 Å². The normalized spacial score (nSPS) is 16.5. The molecule has 1 atom stereocenters. The van der Waals surface area contributed by atoms with E-state index >= 15 is 0 Å². The Morgan fingerprint density at radius 1 is 1.69 bits per heavy atom. The molecule has 0 aliphatic carbocycles. The van der Waals surface area contributed by atoms with Crippen LogP contribution in [0.4, 0.5) is 0 Å². The van der Waals surface area contributed by atoms with Gasteiger partial charge in [-0.05, 0) is 6.07 Å². The van der Waals surface area contributed by atoms with Crippen LogP contribution < -0.4 is 10.5 Å². The smallest absolute Gasteiger partial charge is 0.140 e. The molecule has 2 rings (SSSR count). The summed E-state index contributed by atoms with van der Waals surface area (Å²) in [6, 6.07) is 1.52. The van der Waals surface area contributed by atoms with Crippen LogP contribution in [0.2, 0.25) is 0 Å². The summed E-state index contributed by atoms with van der Waals surface area (Å²) in [7, 11) is 0. The Balaban J connectivity index is 2.30. The van der Waals surface area contributed by atoms with Crippen molar-refractivity contribution in [2.24, 2.45) is 5.73 Å². The molecule has 0 saturated heterocycles. The number of ether oxygens (including phenoxy) is 1. The number of hydrogen-bond acceptors (Lipinski definition) is 4. The van der Waals surface area contributed by atoms with Crippen LogP contribution in [-0.4, -0.2) is 23.3 Å². The topological polar surface area (TPSA) is 68.4 Å². The van der Waals surface area contributed by atoms with Gasteiger partial charge in [0.15, 0.2) is 0 Å². The van der Waals surface area contributed by atoms with Gasteiger partial charge in [-0.15, -0.1) is 0 Å². The van der Waals surface area contributed by atoms with Gasteiger partial charge in [0.2, 0.25) is 0 Å². The van der Waals surface area contributed by atoms with Crippen molar-refractivity contribution < 1.29 is 9.84 Å². The lowest BCUT2D eigenvalue weighted by Crippen LogP contribution is -2.16. The molecule has 0 saturated carbocycles. The zero-order valence-corrected chi connectivity index (χ0v) is 7.23. The quantitative estimate of drug-likeness (QED) is 0.672. The summed E-state index contributed by atoms with van der Waals surface area (Å²) in [5, 5.41) is 8.84. The summed E-state index contributed by atoms with van der Waals surface area (Å²) in [6.07, 6.45) is 2.58. The van der Waals surface area contributed by atoms with Crippen molar-refractivity contribution in [2.75, 3.05) is 13.2 Å². The molecule has 1 aromatic heterocycles. The SMILES string of the molecule is NC(CO)c1cc2c(cn1)OCC2. The highest BCUT2D eigenvalue weighted by Crippen LogP contribution is 2.25. The molecular formula is C9H12N2O2. The molecule has 1 aliphatic heterocycles. The fourth-order valence-electron chi connectivity index (χ4n) is 1.40. The number of aliphatic hydroxyl groups is 1. The van der Waals surface area contributed by atoms with Crippen LogP contribution in [0.15, 0.2) is 12.3 Å². The van der Waals surface area contributed by atoms with Crippen LogP contribution in [0.1, 0.15) is 17.3 Å². The minimum Gasteiger partial charge on any atom is -0.491 e. The van der Waals surface area contributed by atoms with Crippen LogP contribution in [0.25, 0.3) is 0 Å². The largest absolute Gasteiger partial charge is 0.491 e. The van der Waals surface area contributed by atoms with Crippen LogP contribution >= 0.6 is 0 Å². The summed E-state index contributed by atoms with van der Waals surface area (Å²) in [5.74, 6) is 0.842. The Labute approximate surface area is 76.4 Å². The lowest BCUT2D eigenvalue weighted by atomic mass is 10.1. The maximum absolute atomic E-state index is 8.84. The molecule has 0 aromatic carbocycles. The van der Waals surface area contributed by atoms with E-state index in [4.69, 9.17) is 15.6 Å². The monoisotopic (exact) mass is 180 g/mol. The fourth-order valence-corrected chi connectivity index (χ4v) is 1.40. The molecule has 0 bridgehead atoms. The fraction of sp³-hybridized carbons (Fsp3) is 0.444. The lowest BCUT2D eigenvalue weighted by molar-refractivity contribution is 0.265. The van der Waals surface area contributed by atoms with Gasteiger partial charge in [0.1, 0.15) is 5.75 Å². The predicted octanol–water partition coefficient (Wildman–Crippen LogP) is 0.00860. The molecule has 0 amide bonds. The standard InChI is InChI=1S/C9H12N2O2/c10-7(5-12)8-3-6-1-2-13-9(6)4-11-8/h3-4,7,12H,1-2,5,10H2. The minimum absolute atomic E-state index is 0.0767. The van der Waals surface area contributed by atoms with E-state index in [1.807, 2.05) is 6.07 Å². The Kier molecular flexibility index (Phi) is 2.16. The first-order chi connectivity index (χ1) is 6.31. The third-order valence-electron chi connectivity index (χ3n) is 2.18.